The summed E-state index contributed by atoms with van der Waals surface area (Å²) in [7, 11) is 0. The predicted molar refractivity (Wildman–Crippen MR) is 128 cm³/mol. The molecule has 11 heteroatoms. The molecule has 5 N–H and O–H groups in total. The van der Waals surface area contributed by atoms with Gasteiger partial charge in [-0.25, -0.2) is 4.79 Å². The summed E-state index contributed by atoms with van der Waals surface area (Å²) in [5.41, 5.74) is 14.1. The molecule has 0 aliphatic carbocycles. The second-order valence-electron chi connectivity index (χ2n) is 7.73. The summed E-state index contributed by atoms with van der Waals surface area (Å²) >= 11 is 0. The van der Waals surface area contributed by atoms with Gasteiger partial charge in [0.1, 0.15) is 11.9 Å². The summed E-state index contributed by atoms with van der Waals surface area (Å²) in [6.07, 6.45) is 2.93. The maximum atomic E-state index is 12.7. The Kier molecular flexibility index (Phi) is 8.60. The zero-order valence-corrected chi connectivity index (χ0v) is 19.7. The van der Waals surface area contributed by atoms with Gasteiger partial charge in [0.25, 0.3) is 5.91 Å². The SMILES string of the molecule is CCOC(=O)CC[C@H](NC(=O)c1ccc(CCc2coc3nc(N)nc(N)c23)cc1)C(=O)OCC. The number of nitrogens with zero attached hydrogens (tertiary/aromatic N) is 2. The van der Waals surface area contributed by atoms with Gasteiger partial charge in [-0.05, 0) is 50.8 Å². The molecule has 2 aromatic heterocycles. The van der Waals surface area contributed by atoms with Gasteiger partial charge in [-0.3, -0.25) is 9.59 Å². The average molecular weight is 484 g/mol. The molecule has 35 heavy (non-hydrogen) atoms. The summed E-state index contributed by atoms with van der Waals surface area (Å²) in [4.78, 5) is 44.6. The standard InChI is InChI=1S/C24H29N5O6/c1-3-33-18(30)12-11-17(23(32)34-4-2)27-21(31)15-8-5-14(6-9-15)7-10-16-13-35-22-19(16)20(25)28-24(26)29-22/h5-6,8-9,13,17H,3-4,7,10-12H2,1-2H3,(H,27,31)(H4,25,26,28,29)/t17-/m0/s1. The number of aromatic nitrogens is 2. The lowest BCUT2D eigenvalue weighted by molar-refractivity contribution is -0.146. The number of amides is 1. The maximum absolute atomic E-state index is 12.7. The average Bonchev–Trinajstić information content (AvgIpc) is 3.24. The van der Waals surface area contributed by atoms with Crippen LogP contribution in [-0.4, -0.2) is 47.1 Å². The molecule has 1 amide bonds. The monoisotopic (exact) mass is 483 g/mol. The van der Waals surface area contributed by atoms with Crippen LogP contribution in [0.15, 0.2) is 34.9 Å². The van der Waals surface area contributed by atoms with Crippen LogP contribution in [-0.2, 0) is 31.9 Å². The van der Waals surface area contributed by atoms with Gasteiger partial charge in [-0.2, -0.15) is 9.97 Å². The first-order valence-electron chi connectivity index (χ1n) is 11.3. The van der Waals surface area contributed by atoms with Crippen LogP contribution in [0.2, 0.25) is 0 Å². The van der Waals surface area contributed by atoms with Gasteiger partial charge in [-0.1, -0.05) is 12.1 Å². The number of benzene rings is 1. The van der Waals surface area contributed by atoms with Gasteiger partial charge in [0, 0.05) is 17.5 Å². The minimum Gasteiger partial charge on any atom is -0.466 e. The van der Waals surface area contributed by atoms with Crippen molar-refractivity contribution in [2.75, 3.05) is 24.7 Å². The first-order chi connectivity index (χ1) is 16.8. The van der Waals surface area contributed by atoms with Crippen molar-refractivity contribution in [2.45, 2.75) is 45.6 Å². The molecule has 0 spiro atoms. The highest BCUT2D eigenvalue weighted by atomic mass is 16.5. The van der Waals surface area contributed by atoms with Crippen LogP contribution in [0.25, 0.3) is 11.1 Å². The zero-order valence-electron chi connectivity index (χ0n) is 19.7. The van der Waals surface area contributed by atoms with Crippen molar-refractivity contribution in [3.05, 3.63) is 47.2 Å². The van der Waals surface area contributed by atoms with E-state index in [4.69, 9.17) is 25.4 Å². The normalized spacial score (nSPS) is 11.7. The molecule has 0 bridgehead atoms. The van der Waals surface area contributed by atoms with Crippen LogP contribution in [0.3, 0.4) is 0 Å². The molecule has 186 valence electrons. The highest BCUT2D eigenvalue weighted by molar-refractivity contribution is 5.97. The molecule has 0 radical (unpaired) electrons. The van der Waals surface area contributed by atoms with Crippen molar-refractivity contribution in [3.8, 4) is 0 Å². The number of anilines is 2. The Morgan fingerprint density at radius 1 is 1.03 bits per heavy atom. The Morgan fingerprint density at radius 3 is 2.43 bits per heavy atom. The van der Waals surface area contributed by atoms with Crippen LogP contribution >= 0.6 is 0 Å². The number of carbonyl (C=O) groups is 3. The van der Waals surface area contributed by atoms with E-state index in [1.807, 2.05) is 12.1 Å². The maximum Gasteiger partial charge on any atom is 0.328 e. The van der Waals surface area contributed by atoms with Gasteiger partial charge in [0.05, 0.1) is 24.9 Å². The number of esters is 2. The summed E-state index contributed by atoms with van der Waals surface area (Å²) in [6.45, 7) is 3.78. The van der Waals surface area contributed by atoms with Crippen molar-refractivity contribution >= 4 is 40.7 Å². The van der Waals surface area contributed by atoms with Crippen molar-refractivity contribution in [3.63, 3.8) is 0 Å². The van der Waals surface area contributed by atoms with Crippen LogP contribution in [0.1, 0.15) is 48.2 Å². The van der Waals surface area contributed by atoms with E-state index in [0.29, 0.717) is 29.5 Å². The highest BCUT2D eigenvalue weighted by Gasteiger charge is 2.24. The van der Waals surface area contributed by atoms with E-state index in [1.54, 1.807) is 32.2 Å². The molecule has 0 unspecified atom stereocenters. The molecular formula is C24H29N5O6. The molecule has 0 fully saturated rings. The third-order valence-electron chi connectivity index (χ3n) is 5.27. The van der Waals surface area contributed by atoms with Gasteiger partial charge in [-0.15, -0.1) is 0 Å². The number of ether oxygens (including phenoxy) is 2. The number of furan rings is 1. The molecule has 0 aliphatic rings. The Bertz CT molecular complexity index is 1190. The van der Waals surface area contributed by atoms with Crippen LogP contribution in [0, 0.1) is 0 Å². The Labute approximate surface area is 202 Å². The van der Waals surface area contributed by atoms with Crippen molar-refractivity contribution < 1.29 is 28.3 Å². The molecule has 3 rings (SSSR count). The number of fused-ring (bicyclic) bond motifs is 1. The second kappa shape index (κ2) is 11.8. The summed E-state index contributed by atoms with van der Waals surface area (Å²) in [5.74, 6) is -1.17. The van der Waals surface area contributed by atoms with Crippen molar-refractivity contribution in [2.24, 2.45) is 0 Å². The molecule has 2 heterocycles. The molecular weight excluding hydrogens is 454 g/mol. The number of rotatable bonds is 11. The van der Waals surface area contributed by atoms with Crippen LogP contribution < -0.4 is 16.8 Å². The number of nitrogens with one attached hydrogen (secondary N) is 1. The van der Waals surface area contributed by atoms with Crippen LogP contribution in [0.4, 0.5) is 11.8 Å². The van der Waals surface area contributed by atoms with Gasteiger partial charge >= 0.3 is 11.9 Å². The number of nitrogens with two attached hydrogens (primary N) is 2. The van der Waals surface area contributed by atoms with E-state index in [1.165, 1.54) is 0 Å². The fourth-order valence-electron chi connectivity index (χ4n) is 3.56. The number of aryl methyl sites for hydroxylation is 2. The fourth-order valence-corrected chi connectivity index (χ4v) is 3.56. The Morgan fingerprint density at radius 2 is 1.74 bits per heavy atom. The molecule has 0 saturated carbocycles. The lowest BCUT2D eigenvalue weighted by Crippen LogP contribution is -2.42. The van der Waals surface area contributed by atoms with Crippen LogP contribution in [0.5, 0.6) is 0 Å². The van der Waals surface area contributed by atoms with Gasteiger partial charge in [0.15, 0.2) is 0 Å². The molecule has 0 saturated heterocycles. The first kappa shape index (κ1) is 25.5. The van der Waals surface area contributed by atoms with E-state index in [-0.39, 0.29) is 37.8 Å². The smallest absolute Gasteiger partial charge is 0.328 e. The minimum atomic E-state index is -0.956. The lowest BCUT2D eigenvalue weighted by Gasteiger charge is -2.17. The lowest BCUT2D eigenvalue weighted by atomic mass is 10.0. The molecule has 1 aromatic carbocycles. The van der Waals surface area contributed by atoms with E-state index >= 15 is 0 Å². The number of hydrogen-bond acceptors (Lipinski definition) is 10. The van der Waals surface area contributed by atoms with E-state index in [9.17, 15) is 14.4 Å². The topological polar surface area (TPSA) is 173 Å². The zero-order chi connectivity index (χ0) is 25.4. The fraction of sp³-hybridized carbons (Fsp3) is 0.375. The van der Waals surface area contributed by atoms with Crippen molar-refractivity contribution in [1.29, 1.82) is 0 Å². The van der Waals surface area contributed by atoms with E-state index < -0.39 is 23.9 Å². The van der Waals surface area contributed by atoms with Gasteiger partial charge < -0.3 is 30.7 Å². The largest absolute Gasteiger partial charge is 0.466 e. The minimum absolute atomic E-state index is 0.0125. The van der Waals surface area contributed by atoms with Crippen molar-refractivity contribution in [1.82, 2.24) is 15.3 Å². The third-order valence-corrected chi connectivity index (χ3v) is 5.27. The predicted octanol–water partition coefficient (Wildman–Crippen LogP) is 2.18. The number of nitrogen functional groups attached to an aromatic ring is 2. The van der Waals surface area contributed by atoms with E-state index in [2.05, 4.69) is 15.3 Å². The molecule has 1 atom stereocenters. The molecule has 0 aliphatic heterocycles. The number of hydrogen-bond donors (Lipinski definition) is 3. The Hall–Kier alpha value is -4.15. The summed E-state index contributed by atoms with van der Waals surface area (Å²) in [5, 5.41) is 3.29. The first-order valence-corrected chi connectivity index (χ1v) is 11.3. The molecule has 11 nitrogen and oxygen atoms in total. The highest BCUT2D eigenvalue weighted by Crippen LogP contribution is 2.26. The summed E-state index contributed by atoms with van der Waals surface area (Å²) < 4.78 is 15.4. The summed E-state index contributed by atoms with van der Waals surface area (Å²) in [6, 6.07) is 6.04. The molecule has 3 aromatic rings. The van der Waals surface area contributed by atoms with E-state index in [0.717, 1.165) is 11.1 Å². The quantitative estimate of drug-likeness (QED) is 0.343. The van der Waals surface area contributed by atoms with Gasteiger partial charge in [0.2, 0.25) is 11.7 Å². The third kappa shape index (κ3) is 6.69. The Balaban J connectivity index is 1.62. The second-order valence-corrected chi connectivity index (χ2v) is 7.73. The number of carbonyl (C=O) groups excluding carboxylic acids is 3.